The van der Waals surface area contributed by atoms with Gasteiger partial charge >= 0.3 is 63.0 Å². The van der Waals surface area contributed by atoms with Gasteiger partial charge in [-0.2, -0.15) is 0 Å². The first kappa shape index (κ1) is 8.79. The first-order valence-electron chi connectivity index (χ1n) is 3.26. The van der Waals surface area contributed by atoms with Gasteiger partial charge < -0.3 is 0 Å². The van der Waals surface area contributed by atoms with Gasteiger partial charge in [-0.3, -0.25) is 0 Å². The molecule has 0 aliphatic rings. The molecular formula is C7H16Te+. The molecule has 1 radical (unpaired) electrons. The molecule has 0 spiro atoms. The Labute approximate surface area is 63.1 Å². The van der Waals surface area contributed by atoms with Crippen molar-refractivity contribution in [3.63, 3.8) is 0 Å². The summed E-state index contributed by atoms with van der Waals surface area (Å²) >= 11 is 0.321. The Morgan fingerprint density at radius 3 is 1.88 bits per heavy atom. The molecule has 0 amide bonds. The van der Waals surface area contributed by atoms with Crippen molar-refractivity contribution in [2.24, 2.45) is 0 Å². The van der Waals surface area contributed by atoms with Crippen molar-refractivity contribution in [1.29, 1.82) is 0 Å². The van der Waals surface area contributed by atoms with Crippen LogP contribution in [-0.4, -0.2) is 20.9 Å². The number of hydrogen-bond acceptors (Lipinski definition) is 0. The summed E-state index contributed by atoms with van der Waals surface area (Å²) in [7, 11) is 0. The third-order valence-electron chi connectivity index (χ3n) is 1.39. The topological polar surface area (TPSA) is 0 Å². The maximum absolute atomic E-state index is 2.39. The van der Waals surface area contributed by atoms with Gasteiger partial charge in [-0.15, -0.1) is 0 Å². The Morgan fingerprint density at radius 1 is 1.25 bits per heavy atom. The fraction of sp³-hybridized carbons (Fsp3) is 1.00. The standard InChI is InChI=1S/C7H16Te/c1-5-7(3,4)8-6-2/h5-6H2,1-4H3/q+1. The molecule has 0 rings (SSSR count). The van der Waals surface area contributed by atoms with Gasteiger partial charge in [0.1, 0.15) is 0 Å². The molecule has 0 atom stereocenters. The number of rotatable bonds is 3. The fourth-order valence-electron chi connectivity index (χ4n) is 0.493. The molecule has 0 nitrogen and oxygen atoms in total. The van der Waals surface area contributed by atoms with Crippen LogP contribution in [0.2, 0.25) is 7.93 Å². The van der Waals surface area contributed by atoms with Gasteiger partial charge in [0.15, 0.2) is 0 Å². The van der Waals surface area contributed by atoms with E-state index in [1.165, 1.54) is 10.9 Å². The zero-order valence-electron chi connectivity index (χ0n) is 6.32. The van der Waals surface area contributed by atoms with E-state index in [1.807, 2.05) is 0 Å². The van der Waals surface area contributed by atoms with Crippen LogP contribution in [-0.2, 0) is 0 Å². The normalized spacial score (nSPS) is 12.0. The third kappa shape index (κ3) is 3.75. The van der Waals surface area contributed by atoms with Crippen LogP contribution < -0.4 is 0 Å². The van der Waals surface area contributed by atoms with E-state index in [2.05, 4.69) is 27.7 Å². The van der Waals surface area contributed by atoms with Crippen LogP contribution in [0.25, 0.3) is 0 Å². The Balaban J connectivity index is 3.37. The summed E-state index contributed by atoms with van der Waals surface area (Å²) in [5, 5.41) is 0. The number of hydrogen-bond donors (Lipinski definition) is 0. The van der Waals surface area contributed by atoms with Crippen molar-refractivity contribution in [2.45, 2.75) is 42.0 Å². The molecule has 0 aliphatic carbocycles. The van der Waals surface area contributed by atoms with Gasteiger partial charge in [-0.25, -0.2) is 0 Å². The van der Waals surface area contributed by atoms with Crippen LogP contribution >= 0.6 is 0 Å². The quantitative estimate of drug-likeness (QED) is 0.651. The first-order chi connectivity index (χ1) is 3.62. The van der Waals surface area contributed by atoms with Crippen molar-refractivity contribution >= 4 is 20.9 Å². The summed E-state index contributed by atoms with van der Waals surface area (Å²) in [6.07, 6.45) is 1.36. The molecule has 0 aromatic rings. The van der Waals surface area contributed by atoms with E-state index in [9.17, 15) is 0 Å². The van der Waals surface area contributed by atoms with Crippen molar-refractivity contribution in [3.8, 4) is 0 Å². The summed E-state index contributed by atoms with van der Waals surface area (Å²) < 4.78 is 2.17. The van der Waals surface area contributed by atoms with Crippen LogP contribution in [0.15, 0.2) is 0 Å². The van der Waals surface area contributed by atoms with Crippen molar-refractivity contribution < 1.29 is 0 Å². The molecule has 0 unspecified atom stereocenters. The van der Waals surface area contributed by atoms with E-state index < -0.39 is 0 Å². The zero-order chi connectivity index (χ0) is 6.62. The SMILES string of the molecule is CC[Te+]C(C)(C)CC. The molecular weight excluding hydrogens is 212 g/mol. The monoisotopic (exact) mass is 230 g/mol. The molecule has 0 aromatic heterocycles. The van der Waals surface area contributed by atoms with Gasteiger partial charge in [0.25, 0.3) is 0 Å². The van der Waals surface area contributed by atoms with Crippen LogP contribution in [0.5, 0.6) is 0 Å². The Kier molecular flexibility index (Phi) is 4.12. The van der Waals surface area contributed by atoms with E-state index in [-0.39, 0.29) is 0 Å². The summed E-state index contributed by atoms with van der Waals surface area (Å²) in [6.45, 7) is 9.37. The second kappa shape index (κ2) is 3.75. The second-order valence-corrected chi connectivity index (χ2v) is 8.17. The minimum atomic E-state index is 0.321. The van der Waals surface area contributed by atoms with E-state index >= 15 is 0 Å². The molecule has 1 heteroatoms. The molecule has 0 aromatic carbocycles. The second-order valence-electron chi connectivity index (χ2n) is 2.55. The van der Waals surface area contributed by atoms with E-state index in [4.69, 9.17) is 0 Å². The predicted molar refractivity (Wildman–Crippen MR) is 40.6 cm³/mol. The van der Waals surface area contributed by atoms with Gasteiger partial charge in [-0.05, 0) is 0 Å². The summed E-state index contributed by atoms with van der Waals surface area (Å²) in [4.78, 5) is 0. The van der Waals surface area contributed by atoms with Crippen molar-refractivity contribution in [2.75, 3.05) is 0 Å². The molecule has 0 bridgehead atoms. The van der Waals surface area contributed by atoms with Gasteiger partial charge in [-0.1, -0.05) is 0 Å². The molecule has 0 aliphatic heterocycles. The average molecular weight is 228 g/mol. The van der Waals surface area contributed by atoms with Crippen molar-refractivity contribution in [3.05, 3.63) is 0 Å². The molecule has 0 N–H and O–H groups in total. The zero-order valence-corrected chi connectivity index (χ0v) is 8.65. The maximum atomic E-state index is 2.39. The summed E-state index contributed by atoms with van der Waals surface area (Å²) in [5.74, 6) is 0. The van der Waals surface area contributed by atoms with Crippen molar-refractivity contribution in [1.82, 2.24) is 0 Å². The average Bonchev–Trinajstić information content (AvgIpc) is 1.67. The summed E-state index contributed by atoms with van der Waals surface area (Å²) in [6, 6.07) is 0. The van der Waals surface area contributed by atoms with Crippen LogP contribution in [0.4, 0.5) is 0 Å². The third-order valence-corrected chi connectivity index (χ3v) is 5.26. The minimum absolute atomic E-state index is 0.321. The van der Waals surface area contributed by atoms with E-state index in [0.29, 0.717) is 20.9 Å². The van der Waals surface area contributed by atoms with E-state index in [1.54, 1.807) is 0 Å². The fourth-order valence-corrected chi connectivity index (χ4v) is 3.31. The van der Waals surface area contributed by atoms with E-state index in [0.717, 1.165) is 3.46 Å². The Bertz CT molecular complexity index is 57.4. The van der Waals surface area contributed by atoms with Gasteiger partial charge in [0.2, 0.25) is 0 Å². The molecule has 0 fully saturated rings. The Hall–Kier alpha value is 0.790. The van der Waals surface area contributed by atoms with Gasteiger partial charge in [0.05, 0.1) is 0 Å². The molecule has 8 heavy (non-hydrogen) atoms. The molecule has 49 valence electrons. The Morgan fingerprint density at radius 2 is 1.75 bits per heavy atom. The molecule has 0 saturated heterocycles. The summed E-state index contributed by atoms with van der Waals surface area (Å²) in [5.41, 5.74) is 0. The molecule has 0 saturated carbocycles. The van der Waals surface area contributed by atoms with Crippen LogP contribution in [0.1, 0.15) is 34.1 Å². The van der Waals surface area contributed by atoms with Crippen LogP contribution in [0, 0.1) is 0 Å². The predicted octanol–water partition coefficient (Wildman–Crippen LogP) is 2.74. The van der Waals surface area contributed by atoms with Crippen LogP contribution in [0.3, 0.4) is 0 Å². The van der Waals surface area contributed by atoms with Gasteiger partial charge in [0, 0.05) is 0 Å². The molecule has 0 heterocycles. The first-order valence-corrected chi connectivity index (χ1v) is 6.07.